The van der Waals surface area contributed by atoms with Gasteiger partial charge in [0.2, 0.25) is 0 Å². The van der Waals surface area contributed by atoms with Gasteiger partial charge in [0.05, 0.1) is 11.9 Å². The number of anilines is 2. The van der Waals surface area contributed by atoms with Crippen molar-refractivity contribution in [3.05, 3.63) is 53.9 Å². The molecule has 120 valence electrons. The highest BCUT2D eigenvalue weighted by atomic mass is 16.1. The number of benzene rings is 1. The monoisotopic (exact) mass is 309 g/mol. The van der Waals surface area contributed by atoms with Crippen molar-refractivity contribution in [3.63, 3.8) is 0 Å². The number of hydrogen-bond donors (Lipinski definition) is 2. The molecular weight excluding hydrogens is 286 g/mol. The summed E-state index contributed by atoms with van der Waals surface area (Å²) in [5.41, 5.74) is 3.37. The van der Waals surface area contributed by atoms with Crippen LogP contribution in [0.3, 0.4) is 0 Å². The highest BCUT2D eigenvalue weighted by molar-refractivity contribution is 6.02. The van der Waals surface area contributed by atoms with Crippen molar-refractivity contribution in [2.24, 2.45) is 0 Å². The van der Waals surface area contributed by atoms with Crippen LogP contribution in [0.4, 0.5) is 11.4 Å². The Morgan fingerprint density at radius 3 is 2.35 bits per heavy atom. The van der Waals surface area contributed by atoms with E-state index < -0.39 is 0 Å². The minimum Gasteiger partial charge on any atom is -0.381 e. The second kappa shape index (κ2) is 7.27. The highest BCUT2D eigenvalue weighted by Gasteiger charge is 2.13. The van der Waals surface area contributed by atoms with Gasteiger partial charge >= 0.3 is 0 Å². The lowest BCUT2D eigenvalue weighted by molar-refractivity contribution is 0.102. The Kier molecular flexibility index (Phi) is 4.91. The zero-order valence-corrected chi connectivity index (χ0v) is 13.5. The second-order valence-electron chi connectivity index (χ2n) is 6.23. The van der Waals surface area contributed by atoms with Crippen LogP contribution >= 0.6 is 0 Å². The van der Waals surface area contributed by atoms with E-state index in [0.29, 0.717) is 11.7 Å². The maximum absolute atomic E-state index is 12.2. The molecule has 23 heavy (non-hydrogen) atoms. The quantitative estimate of drug-likeness (QED) is 0.881. The predicted molar refractivity (Wildman–Crippen MR) is 93.9 cm³/mol. The first-order valence-electron chi connectivity index (χ1n) is 8.31. The van der Waals surface area contributed by atoms with Crippen LogP contribution in [-0.4, -0.2) is 16.9 Å². The fraction of sp³-hybridized carbons (Fsp3) is 0.368. The number of hydrogen-bond acceptors (Lipinski definition) is 3. The Balaban J connectivity index is 1.59. The lowest BCUT2D eigenvalue weighted by atomic mass is 9.95. The van der Waals surface area contributed by atoms with E-state index >= 15 is 0 Å². The van der Waals surface area contributed by atoms with Crippen LogP contribution in [-0.2, 0) is 0 Å². The predicted octanol–water partition coefficient (Wildman–Crippen LogP) is 4.39. The van der Waals surface area contributed by atoms with E-state index in [1.165, 1.54) is 37.7 Å². The van der Waals surface area contributed by atoms with Crippen molar-refractivity contribution >= 4 is 17.3 Å². The first-order valence-corrected chi connectivity index (χ1v) is 8.31. The summed E-state index contributed by atoms with van der Waals surface area (Å²) in [4.78, 5) is 16.5. The van der Waals surface area contributed by atoms with E-state index in [2.05, 4.69) is 15.6 Å². The molecule has 4 nitrogen and oxygen atoms in total. The molecule has 0 unspecified atom stereocenters. The van der Waals surface area contributed by atoms with Gasteiger partial charge in [-0.3, -0.25) is 4.79 Å². The molecular formula is C19H23N3O. The van der Waals surface area contributed by atoms with Gasteiger partial charge in [-0.1, -0.05) is 37.0 Å². The minimum absolute atomic E-state index is 0.182. The number of rotatable bonds is 4. The molecule has 4 heteroatoms. The average Bonchev–Trinajstić information content (AvgIpc) is 2.58. The summed E-state index contributed by atoms with van der Waals surface area (Å²) in [6.45, 7) is 2.02. The average molecular weight is 309 g/mol. The van der Waals surface area contributed by atoms with Gasteiger partial charge in [0, 0.05) is 11.7 Å². The third-order valence-electron chi connectivity index (χ3n) is 4.28. The molecule has 1 saturated carbocycles. The number of amides is 1. The van der Waals surface area contributed by atoms with Crippen LogP contribution in [0.15, 0.2) is 42.6 Å². The summed E-state index contributed by atoms with van der Waals surface area (Å²) < 4.78 is 0. The molecule has 0 spiro atoms. The summed E-state index contributed by atoms with van der Waals surface area (Å²) in [6, 6.07) is 12.0. The molecule has 1 fully saturated rings. The van der Waals surface area contributed by atoms with Crippen molar-refractivity contribution in [1.29, 1.82) is 0 Å². The maximum Gasteiger partial charge on any atom is 0.274 e. The summed E-state index contributed by atoms with van der Waals surface area (Å²) in [7, 11) is 0. The molecule has 0 aliphatic heterocycles. The highest BCUT2D eigenvalue weighted by Crippen LogP contribution is 2.21. The van der Waals surface area contributed by atoms with Crippen LogP contribution < -0.4 is 10.6 Å². The summed E-state index contributed by atoms with van der Waals surface area (Å²) in [5.74, 6) is -0.182. The van der Waals surface area contributed by atoms with E-state index in [9.17, 15) is 4.79 Å². The number of pyridine rings is 1. The molecule has 0 atom stereocenters. The molecule has 1 heterocycles. The minimum atomic E-state index is -0.182. The summed E-state index contributed by atoms with van der Waals surface area (Å²) in [6.07, 6.45) is 8.11. The lowest BCUT2D eigenvalue weighted by Crippen LogP contribution is -2.22. The van der Waals surface area contributed by atoms with E-state index in [1.54, 1.807) is 12.3 Å². The maximum atomic E-state index is 12.2. The topological polar surface area (TPSA) is 54.0 Å². The molecule has 1 aliphatic rings. The first-order chi connectivity index (χ1) is 11.2. The van der Waals surface area contributed by atoms with Crippen molar-refractivity contribution in [3.8, 4) is 0 Å². The Hall–Kier alpha value is -2.36. The van der Waals surface area contributed by atoms with E-state index in [0.717, 1.165) is 11.4 Å². The number of aromatic nitrogens is 1. The largest absolute Gasteiger partial charge is 0.381 e. The van der Waals surface area contributed by atoms with Gasteiger partial charge in [0.15, 0.2) is 0 Å². The van der Waals surface area contributed by atoms with E-state index in [1.807, 2.05) is 37.3 Å². The van der Waals surface area contributed by atoms with Gasteiger partial charge in [-0.2, -0.15) is 0 Å². The molecule has 0 radical (unpaired) electrons. The van der Waals surface area contributed by atoms with E-state index in [-0.39, 0.29) is 5.91 Å². The van der Waals surface area contributed by atoms with Gasteiger partial charge in [0.1, 0.15) is 5.69 Å². The van der Waals surface area contributed by atoms with Crippen molar-refractivity contribution in [1.82, 2.24) is 4.98 Å². The molecule has 2 aromatic rings. The molecule has 1 aliphatic carbocycles. The number of nitrogens with zero attached hydrogens (tertiary/aromatic N) is 1. The van der Waals surface area contributed by atoms with Crippen molar-refractivity contribution in [2.75, 3.05) is 10.6 Å². The normalized spacial score (nSPS) is 15.2. The lowest BCUT2D eigenvalue weighted by Gasteiger charge is -2.23. The van der Waals surface area contributed by atoms with Crippen LogP contribution in [0, 0.1) is 6.92 Å². The number of carbonyl (C=O) groups is 1. The molecule has 1 amide bonds. The second-order valence-corrected chi connectivity index (χ2v) is 6.23. The van der Waals surface area contributed by atoms with Gasteiger partial charge < -0.3 is 10.6 Å². The zero-order valence-electron chi connectivity index (χ0n) is 13.5. The van der Waals surface area contributed by atoms with Crippen LogP contribution in [0.25, 0.3) is 0 Å². The molecule has 1 aromatic carbocycles. The van der Waals surface area contributed by atoms with Gasteiger partial charge in [-0.25, -0.2) is 4.98 Å². The molecule has 0 bridgehead atoms. The Morgan fingerprint density at radius 1 is 1.00 bits per heavy atom. The number of carbonyl (C=O) groups excluding carboxylic acids is 1. The Bertz CT molecular complexity index is 643. The van der Waals surface area contributed by atoms with Crippen LogP contribution in [0.1, 0.15) is 48.2 Å². The Labute approximate surface area is 137 Å². The number of nitrogens with one attached hydrogen (secondary N) is 2. The molecule has 1 aromatic heterocycles. The zero-order chi connectivity index (χ0) is 16.1. The molecule has 2 N–H and O–H groups in total. The van der Waals surface area contributed by atoms with Crippen molar-refractivity contribution in [2.45, 2.75) is 45.1 Å². The smallest absolute Gasteiger partial charge is 0.274 e. The SMILES string of the molecule is Cc1ccc(NC(=O)c2ccc(NC3CCCCC3)cn2)cc1. The summed E-state index contributed by atoms with van der Waals surface area (Å²) >= 11 is 0. The standard InChI is InChI=1S/C19H23N3O/c1-14-7-9-16(10-8-14)22-19(23)18-12-11-17(13-20-18)21-15-5-3-2-4-6-15/h7-13,15,21H,2-6H2,1H3,(H,22,23). The number of aryl methyl sites for hydroxylation is 1. The fourth-order valence-electron chi connectivity index (χ4n) is 2.93. The van der Waals surface area contributed by atoms with Gasteiger partial charge in [-0.15, -0.1) is 0 Å². The van der Waals surface area contributed by atoms with Crippen LogP contribution in [0.2, 0.25) is 0 Å². The van der Waals surface area contributed by atoms with E-state index in [4.69, 9.17) is 0 Å². The third-order valence-corrected chi connectivity index (χ3v) is 4.28. The Morgan fingerprint density at radius 2 is 1.70 bits per heavy atom. The van der Waals surface area contributed by atoms with Gasteiger partial charge in [-0.05, 0) is 44.0 Å². The molecule has 0 saturated heterocycles. The third kappa shape index (κ3) is 4.31. The van der Waals surface area contributed by atoms with Crippen LogP contribution in [0.5, 0.6) is 0 Å². The van der Waals surface area contributed by atoms with Gasteiger partial charge in [0.25, 0.3) is 5.91 Å². The molecule has 3 rings (SSSR count). The fourth-order valence-corrected chi connectivity index (χ4v) is 2.93. The first kappa shape index (κ1) is 15.5. The van der Waals surface area contributed by atoms with Crippen molar-refractivity contribution < 1.29 is 4.79 Å². The summed E-state index contributed by atoms with van der Waals surface area (Å²) in [5, 5.41) is 6.37.